The van der Waals surface area contributed by atoms with E-state index in [0.29, 0.717) is 32.7 Å². The van der Waals surface area contributed by atoms with Crippen molar-refractivity contribution in [2.45, 2.75) is 0 Å². The fourth-order valence-electron chi connectivity index (χ4n) is 1.65. The van der Waals surface area contributed by atoms with Crippen molar-refractivity contribution in [2.24, 2.45) is 0 Å². The van der Waals surface area contributed by atoms with Crippen LogP contribution in [0.25, 0.3) is 11.0 Å². The number of fused-ring (bicyclic) bond motifs is 1. The smallest absolute Gasteiger partial charge is 0.238 e. The molecule has 0 aliphatic heterocycles. The minimum atomic E-state index is 0.414. The minimum absolute atomic E-state index is 0.414. The number of nitrogens with zero attached hydrogens (tertiary/aromatic N) is 2. The monoisotopic (exact) mass is 290 g/mol. The molecule has 3 rings (SSSR count). The molecule has 0 saturated carbocycles. The second-order valence-electron chi connectivity index (χ2n) is 3.88. The third kappa shape index (κ3) is 2.62. The molecule has 5 heteroatoms. The van der Waals surface area contributed by atoms with Crippen LogP contribution in [0, 0.1) is 0 Å². The van der Waals surface area contributed by atoms with Crippen LogP contribution in [0.5, 0.6) is 11.6 Å². The fraction of sp³-hybridized carbons (Fsp3) is 0. The molecule has 0 radical (unpaired) electrons. The number of para-hydroxylation sites is 1. The van der Waals surface area contributed by atoms with Crippen LogP contribution in [0.1, 0.15) is 0 Å². The molecule has 0 bridgehead atoms. The summed E-state index contributed by atoms with van der Waals surface area (Å²) in [6.07, 6.45) is 1.56. The standard InChI is InChI=1S/C14H8Cl2N2O/c15-10-6-12-13(7-11(10)16)18-14(8-17-12)19-9-4-2-1-3-5-9/h1-8H. The second kappa shape index (κ2) is 5.03. The first-order chi connectivity index (χ1) is 9.22. The molecule has 0 aliphatic rings. The maximum atomic E-state index is 5.96. The molecule has 3 nitrogen and oxygen atoms in total. The van der Waals surface area contributed by atoms with E-state index in [1.165, 1.54) is 0 Å². The van der Waals surface area contributed by atoms with Crippen LogP contribution < -0.4 is 4.74 Å². The maximum Gasteiger partial charge on any atom is 0.238 e. The molecular formula is C14H8Cl2N2O. The highest BCUT2D eigenvalue weighted by molar-refractivity contribution is 6.42. The van der Waals surface area contributed by atoms with E-state index in [9.17, 15) is 0 Å². The van der Waals surface area contributed by atoms with Gasteiger partial charge in [-0.05, 0) is 24.3 Å². The highest BCUT2D eigenvalue weighted by Gasteiger charge is 2.06. The van der Waals surface area contributed by atoms with Crippen molar-refractivity contribution in [3.63, 3.8) is 0 Å². The van der Waals surface area contributed by atoms with E-state index in [-0.39, 0.29) is 0 Å². The third-order valence-corrected chi connectivity index (χ3v) is 3.25. The van der Waals surface area contributed by atoms with Gasteiger partial charge in [0.2, 0.25) is 5.88 Å². The Morgan fingerprint density at radius 1 is 0.895 bits per heavy atom. The van der Waals surface area contributed by atoms with E-state index >= 15 is 0 Å². The van der Waals surface area contributed by atoms with Crippen LogP contribution in [0.4, 0.5) is 0 Å². The van der Waals surface area contributed by atoms with Gasteiger partial charge in [0.05, 0.1) is 27.3 Å². The predicted octanol–water partition coefficient (Wildman–Crippen LogP) is 4.73. The van der Waals surface area contributed by atoms with E-state index in [4.69, 9.17) is 27.9 Å². The Morgan fingerprint density at radius 2 is 1.58 bits per heavy atom. The van der Waals surface area contributed by atoms with Gasteiger partial charge >= 0.3 is 0 Å². The Hall–Kier alpha value is -1.84. The first-order valence-corrected chi connectivity index (χ1v) is 6.33. The fourth-order valence-corrected chi connectivity index (χ4v) is 1.97. The van der Waals surface area contributed by atoms with Crippen molar-refractivity contribution < 1.29 is 4.74 Å². The molecule has 0 unspecified atom stereocenters. The number of hydrogen-bond donors (Lipinski definition) is 0. The lowest BCUT2D eigenvalue weighted by molar-refractivity contribution is 0.463. The average Bonchev–Trinajstić information content (AvgIpc) is 2.42. The van der Waals surface area contributed by atoms with E-state index in [0.717, 1.165) is 0 Å². The molecule has 3 aromatic rings. The van der Waals surface area contributed by atoms with Gasteiger partial charge in [-0.15, -0.1) is 0 Å². The van der Waals surface area contributed by atoms with Crippen molar-refractivity contribution in [3.05, 3.63) is 58.7 Å². The number of benzene rings is 2. The summed E-state index contributed by atoms with van der Waals surface area (Å²) in [5, 5.41) is 0.903. The van der Waals surface area contributed by atoms with E-state index in [1.54, 1.807) is 18.3 Å². The van der Waals surface area contributed by atoms with Crippen molar-refractivity contribution in [2.75, 3.05) is 0 Å². The van der Waals surface area contributed by atoms with Crippen LogP contribution in [-0.2, 0) is 0 Å². The zero-order valence-corrected chi connectivity index (χ0v) is 11.2. The summed E-state index contributed by atoms with van der Waals surface area (Å²) in [6.45, 7) is 0. The van der Waals surface area contributed by atoms with Gasteiger partial charge in [0.1, 0.15) is 5.75 Å². The molecule has 0 amide bonds. The summed E-state index contributed by atoms with van der Waals surface area (Å²) in [4.78, 5) is 8.59. The van der Waals surface area contributed by atoms with Crippen LogP contribution in [0.3, 0.4) is 0 Å². The number of hydrogen-bond acceptors (Lipinski definition) is 3. The second-order valence-corrected chi connectivity index (χ2v) is 4.69. The number of ether oxygens (including phenoxy) is 1. The quantitative estimate of drug-likeness (QED) is 0.684. The summed E-state index contributed by atoms with van der Waals surface area (Å²) < 4.78 is 5.61. The molecule has 1 heterocycles. The molecular weight excluding hydrogens is 283 g/mol. The highest BCUT2D eigenvalue weighted by atomic mass is 35.5. The largest absolute Gasteiger partial charge is 0.437 e. The Kier molecular flexibility index (Phi) is 3.23. The van der Waals surface area contributed by atoms with Crippen molar-refractivity contribution >= 4 is 34.2 Å². The van der Waals surface area contributed by atoms with Gasteiger partial charge in [-0.3, -0.25) is 0 Å². The van der Waals surface area contributed by atoms with Crippen molar-refractivity contribution in [1.82, 2.24) is 9.97 Å². The SMILES string of the molecule is Clc1cc2ncc(Oc3ccccc3)nc2cc1Cl. The van der Waals surface area contributed by atoms with E-state index in [1.807, 2.05) is 30.3 Å². The first kappa shape index (κ1) is 12.2. The van der Waals surface area contributed by atoms with Gasteiger partial charge in [-0.2, -0.15) is 0 Å². The van der Waals surface area contributed by atoms with Crippen LogP contribution in [0.15, 0.2) is 48.7 Å². The van der Waals surface area contributed by atoms with Crippen molar-refractivity contribution in [1.29, 1.82) is 0 Å². The normalized spacial score (nSPS) is 10.6. The molecule has 0 fully saturated rings. The summed E-state index contributed by atoms with van der Waals surface area (Å²) >= 11 is 11.9. The first-order valence-electron chi connectivity index (χ1n) is 5.57. The topological polar surface area (TPSA) is 35.0 Å². The molecule has 0 spiro atoms. The zero-order valence-electron chi connectivity index (χ0n) is 9.68. The van der Waals surface area contributed by atoms with Crippen molar-refractivity contribution in [3.8, 4) is 11.6 Å². The van der Waals surface area contributed by atoms with Gasteiger partial charge in [-0.25, -0.2) is 9.97 Å². The lowest BCUT2D eigenvalue weighted by Gasteiger charge is -2.05. The summed E-state index contributed by atoms with van der Waals surface area (Å²) in [7, 11) is 0. The molecule has 0 aliphatic carbocycles. The Balaban J connectivity index is 2.00. The number of aromatic nitrogens is 2. The van der Waals surface area contributed by atoms with Gasteiger partial charge in [0.15, 0.2) is 0 Å². The average molecular weight is 291 g/mol. The minimum Gasteiger partial charge on any atom is -0.437 e. The number of rotatable bonds is 2. The Bertz CT molecular complexity index is 732. The molecule has 1 aromatic heterocycles. The molecule has 19 heavy (non-hydrogen) atoms. The molecule has 0 N–H and O–H groups in total. The van der Waals surface area contributed by atoms with E-state index in [2.05, 4.69) is 9.97 Å². The predicted molar refractivity (Wildman–Crippen MR) is 76.1 cm³/mol. The molecule has 2 aromatic carbocycles. The summed E-state index contributed by atoms with van der Waals surface area (Å²) in [5.41, 5.74) is 1.32. The van der Waals surface area contributed by atoms with Gasteiger partial charge in [-0.1, -0.05) is 41.4 Å². The summed E-state index contributed by atoms with van der Waals surface area (Å²) in [6, 6.07) is 12.7. The summed E-state index contributed by atoms with van der Waals surface area (Å²) in [5.74, 6) is 1.12. The Morgan fingerprint density at radius 3 is 2.32 bits per heavy atom. The van der Waals surface area contributed by atoms with Crippen LogP contribution >= 0.6 is 23.2 Å². The van der Waals surface area contributed by atoms with Gasteiger partial charge in [0, 0.05) is 0 Å². The van der Waals surface area contributed by atoms with Gasteiger partial charge < -0.3 is 4.74 Å². The lowest BCUT2D eigenvalue weighted by atomic mass is 10.3. The third-order valence-electron chi connectivity index (χ3n) is 2.53. The number of halogens is 2. The molecule has 0 saturated heterocycles. The highest BCUT2D eigenvalue weighted by Crippen LogP contribution is 2.27. The van der Waals surface area contributed by atoms with E-state index < -0.39 is 0 Å². The maximum absolute atomic E-state index is 5.96. The zero-order chi connectivity index (χ0) is 13.2. The molecule has 94 valence electrons. The van der Waals surface area contributed by atoms with Gasteiger partial charge in [0.25, 0.3) is 0 Å². The van der Waals surface area contributed by atoms with Crippen LogP contribution in [-0.4, -0.2) is 9.97 Å². The lowest BCUT2D eigenvalue weighted by Crippen LogP contribution is -1.91. The van der Waals surface area contributed by atoms with Crippen LogP contribution in [0.2, 0.25) is 10.0 Å². The molecule has 0 atom stereocenters. The Labute approximate surface area is 119 Å².